The minimum atomic E-state index is -1.93. The van der Waals surface area contributed by atoms with Gasteiger partial charge in [0.05, 0.1) is 20.1 Å². The lowest BCUT2D eigenvalue weighted by Crippen LogP contribution is -2.73. The second-order valence-electron chi connectivity index (χ2n) is 12.6. The molecule has 1 aliphatic rings. The van der Waals surface area contributed by atoms with E-state index >= 15 is 0 Å². The minimum absolute atomic E-state index is 0.0987. The predicted octanol–water partition coefficient (Wildman–Crippen LogP) is 5.93. The first kappa shape index (κ1) is 39.8. The molecular formula is C42H44N2O9S. The number of carbonyl (C=O) groups excluding carboxylic acids is 4. The van der Waals surface area contributed by atoms with E-state index in [0.29, 0.717) is 22.4 Å². The van der Waals surface area contributed by atoms with E-state index in [-0.39, 0.29) is 31.1 Å². The third-order valence-electron chi connectivity index (χ3n) is 8.68. The average Bonchev–Trinajstić information content (AvgIpc) is 3.19. The summed E-state index contributed by atoms with van der Waals surface area (Å²) in [4.78, 5) is 55.4. The number of rotatable bonds is 17. The van der Waals surface area contributed by atoms with Gasteiger partial charge in [-0.05, 0) is 71.9 Å². The first-order valence-electron chi connectivity index (χ1n) is 17.6. The Bertz CT molecular complexity index is 1860. The molecule has 1 N–H and O–H groups in total. The number of nitrogens with one attached hydrogen (secondary N) is 1. The number of β-lactam (4-membered cyclic amide) rings is 1. The van der Waals surface area contributed by atoms with Crippen LogP contribution < -0.4 is 10.1 Å². The van der Waals surface area contributed by atoms with E-state index in [4.69, 9.17) is 18.9 Å². The van der Waals surface area contributed by atoms with Gasteiger partial charge in [-0.25, -0.2) is 4.79 Å². The van der Waals surface area contributed by atoms with Gasteiger partial charge in [0.15, 0.2) is 12.1 Å². The van der Waals surface area contributed by atoms with E-state index < -0.39 is 58.6 Å². The molecule has 11 nitrogen and oxygen atoms in total. The summed E-state index contributed by atoms with van der Waals surface area (Å²) in [6.07, 6.45) is -2.06. The van der Waals surface area contributed by atoms with Crippen LogP contribution in [0, 0.1) is 0 Å². The molecule has 12 heteroatoms. The number of amides is 2. The number of likely N-dealkylation sites (tertiary alicyclic amines) is 1. The smallest absolute Gasteiger partial charge is 0.355 e. The molecule has 4 aromatic rings. The van der Waals surface area contributed by atoms with Crippen LogP contribution in [0.15, 0.2) is 127 Å². The Morgan fingerprint density at radius 3 is 1.89 bits per heavy atom. The standard InChI is InChI=1S/C42H44N2O9S/c1-5-51-34(45)25-26-54(49)41-35(40(47)44(41)36(28(2)3)42(48)52-27-29-21-23-33(50-4)24-22-29)43-39(46)38(32-19-13-8-14-20-32)53-37(30-15-9-6-10-16-30)31-17-11-7-12-18-31/h6-24,35,37-38,41H,5,25-27H2,1-4H3,(H,43,46). The number of nitrogens with zero attached hydrogens (tertiary/aromatic N) is 1. The highest BCUT2D eigenvalue weighted by molar-refractivity contribution is 7.92. The summed E-state index contributed by atoms with van der Waals surface area (Å²) in [6, 6.07) is 33.4. The molecule has 282 valence electrons. The number of carbonyl (C=O) groups is 4. The SMILES string of the molecule is CCOC(=O)CC[S+]([O-])C1C(NC(=O)C(OC(c2ccccc2)c2ccccc2)c2ccccc2)C(=O)N1C(C(=O)OCc1ccc(OC)cc1)=C(C)C. The van der Waals surface area contributed by atoms with Crippen LogP contribution in [0.4, 0.5) is 0 Å². The lowest BCUT2D eigenvalue weighted by atomic mass is 9.99. The summed E-state index contributed by atoms with van der Waals surface area (Å²) in [5, 5.41) is 1.59. The number of hydrogen-bond acceptors (Lipinski definition) is 9. The molecule has 4 atom stereocenters. The van der Waals surface area contributed by atoms with Crippen LogP contribution in [0.1, 0.15) is 61.7 Å². The van der Waals surface area contributed by atoms with Crippen LogP contribution >= 0.6 is 0 Å². The maximum Gasteiger partial charge on any atom is 0.355 e. The van der Waals surface area contributed by atoms with E-state index in [9.17, 15) is 23.7 Å². The Kier molecular flexibility index (Phi) is 14.0. The maximum atomic E-state index is 14.4. The van der Waals surface area contributed by atoms with Gasteiger partial charge in [-0.1, -0.05) is 103 Å². The Balaban J connectivity index is 1.43. The summed E-state index contributed by atoms with van der Waals surface area (Å²) >= 11 is -1.93. The highest BCUT2D eigenvalue weighted by Gasteiger charge is 2.58. The topological polar surface area (TPSA) is 144 Å². The van der Waals surface area contributed by atoms with E-state index in [2.05, 4.69) is 5.32 Å². The summed E-state index contributed by atoms with van der Waals surface area (Å²) in [5.41, 5.74) is 3.16. The van der Waals surface area contributed by atoms with Crippen molar-refractivity contribution in [3.63, 3.8) is 0 Å². The van der Waals surface area contributed by atoms with Gasteiger partial charge in [0.2, 0.25) is 5.37 Å². The van der Waals surface area contributed by atoms with Crippen molar-refractivity contribution in [1.29, 1.82) is 0 Å². The molecule has 0 saturated carbocycles. The molecule has 1 fully saturated rings. The van der Waals surface area contributed by atoms with Crippen LogP contribution in [-0.4, -0.2) is 64.1 Å². The van der Waals surface area contributed by atoms with Gasteiger partial charge in [-0.15, -0.1) is 0 Å². The normalized spacial score (nSPS) is 16.1. The monoisotopic (exact) mass is 752 g/mol. The van der Waals surface area contributed by atoms with Crippen molar-refractivity contribution in [3.8, 4) is 5.75 Å². The van der Waals surface area contributed by atoms with Gasteiger partial charge < -0.3 is 28.8 Å². The van der Waals surface area contributed by atoms with E-state index in [1.54, 1.807) is 76.4 Å². The third-order valence-corrected chi connectivity index (χ3v) is 10.3. The Morgan fingerprint density at radius 1 is 0.815 bits per heavy atom. The lowest BCUT2D eigenvalue weighted by Gasteiger charge is -2.46. The molecule has 0 spiro atoms. The highest BCUT2D eigenvalue weighted by Crippen LogP contribution is 2.36. The zero-order valence-electron chi connectivity index (χ0n) is 30.6. The molecule has 4 aromatic carbocycles. The van der Waals surface area contributed by atoms with Crippen molar-refractivity contribution in [3.05, 3.63) is 149 Å². The van der Waals surface area contributed by atoms with Crippen LogP contribution in [0.2, 0.25) is 0 Å². The Labute approximate surface area is 318 Å². The molecule has 4 unspecified atom stereocenters. The van der Waals surface area contributed by atoms with Crippen molar-refractivity contribution in [1.82, 2.24) is 10.2 Å². The van der Waals surface area contributed by atoms with Gasteiger partial charge in [-0.3, -0.25) is 19.3 Å². The number of methoxy groups -OCH3 is 1. The first-order valence-corrected chi connectivity index (χ1v) is 18.9. The highest BCUT2D eigenvalue weighted by atomic mass is 32.2. The molecule has 54 heavy (non-hydrogen) atoms. The van der Waals surface area contributed by atoms with Crippen LogP contribution in [0.3, 0.4) is 0 Å². The molecule has 0 aromatic heterocycles. The molecule has 0 aliphatic carbocycles. The molecule has 1 saturated heterocycles. The van der Waals surface area contributed by atoms with E-state index in [0.717, 1.165) is 16.0 Å². The zero-order valence-corrected chi connectivity index (χ0v) is 31.5. The minimum Gasteiger partial charge on any atom is -0.615 e. The number of ether oxygens (including phenoxy) is 4. The zero-order chi connectivity index (χ0) is 38.6. The number of benzene rings is 4. The fraction of sp³-hybridized carbons (Fsp3) is 0.286. The summed E-state index contributed by atoms with van der Waals surface area (Å²) in [6.45, 7) is 4.98. The van der Waals surface area contributed by atoms with E-state index in [1.165, 1.54) is 0 Å². The third kappa shape index (κ3) is 9.75. The first-order chi connectivity index (χ1) is 26.1. The van der Waals surface area contributed by atoms with Gasteiger partial charge in [-0.2, -0.15) is 0 Å². The second kappa shape index (κ2) is 19.1. The van der Waals surface area contributed by atoms with Crippen molar-refractivity contribution < 1.29 is 42.7 Å². The quantitative estimate of drug-likeness (QED) is 0.0601. The molecule has 1 heterocycles. The van der Waals surface area contributed by atoms with E-state index in [1.807, 2.05) is 66.7 Å². The fourth-order valence-electron chi connectivity index (χ4n) is 6.01. The summed E-state index contributed by atoms with van der Waals surface area (Å²) in [5.74, 6) is -2.22. The fourth-order valence-corrected chi connectivity index (χ4v) is 7.56. The van der Waals surface area contributed by atoms with Crippen molar-refractivity contribution in [2.75, 3.05) is 19.5 Å². The maximum absolute atomic E-state index is 14.4. The second-order valence-corrected chi connectivity index (χ2v) is 14.3. The van der Waals surface area contributed by atoms with Gasteiger partial charge in [0.1, 0.15) is 29.9 Å². The molecular weight excluding hydrogens is 709 g/mol. The number of hydrogen-bond donors (Lipinski definition) is 1. The van der Waals surface area contributed by atoms with Gasteiger partial charge in [0.25, 0.3) is 11.8 Å². The Morgan fingerprint density at radius 2 is 1.37 bits per heavy atom. The lowest BCUT2D eigenvalue weighted by molar-refractivity contribution is -0.155. The molecule has 0 radical (unpaired) electrons. The molecule has 2 amide bonds. The van der Waals surface area contributed by atoms with Crippen LogP contribution in [0.25, 0.3) is 0 Å². The van der Waals surface area contributed by atoms with Crippen molar-refractivity contribution >= 4 is 34.9 Å². The van der Waals surface area contributed by atoms with Crippen molar-refractivity contribution in [2.45, 2.75) is 57.4 Å². The Hall–Kier alpha value is -5.43. The molecule has 1 aliphatic heterocycles. The largest absolute Gasteiger partial charge is 0.615 e. The summed E-state index contributed by atoms with van der Waals surface area (Å²) < 4.78 is 36.5. The predicted molar refractivity (Wildman–Crippen MR) is 203 cm³/mol. The average molecular weight is 753 g/mol. The van der Waals surface area contributed by atoms with Crippen LogP contribution in [0.5, 0.6) is 5.75 Å². The van der Waals surface area contributed by atoms with Gasteiger partial charge >= 0.3 is 11.9 Å². The van der Waals surface area contributed by atoms with Gasteiger partial charge in [0, 0.05) is 0 Å². The molecule has 0 bridgehead atoms. The summed E-state index contributed by atoms with van der Waals surface area (Å²) in [7, 11) is 1.55. The van der Waals surface area contributed by atoms with Crippen molar-refractivity contribution in [2.24, 2.45) is 0 Å². The number of allylic oxidation sites excluding steroid dienone is 1. The molecule has 5 rings (SSSR count). The number of esters is 2. The van der Waals surface area contributed by atoms with Crippen LogP contribution in [-0.2, 0) is 51.2 Å².